The van der Waals surface area contributed by atoms with E-state index in [9.17, 15) is 4.79 Å². The molecule has 47 heavy (non-hydrogen) atoms. The number of hydrogen-bond donors (Lipinski definition) is 1. The number of likely N-dealkylation sites (tertiary alicyclic amines) is 2. The predicted octanol–water partition coefficient (Wildman–Crippen LogP) is 4.03. The zero-order chi connectivity index (χ0) is 32.2. The van der Waals surface area contributed by atoms with Crippen LogP contribution in [0.2, 0.25) is 0 Å². The molecule has 3 fully saturated rings. The van der Waals surface area contributed by atoms with Crippen LogP contribution < -0.4 is 10.2 Å². The molecule has 3 aliphatic rings. The zero-order valence-electron chi connectivity index (χ0n) is 26.6. The molecule has 0 bridgehead atoms. The average molecular weight is 637 g/mol. The summed E-state index contributed by atoms with van der Waals surface area (Å²) in [6.45, 7) is 7.19. The maximum atomic E-state index is 16.4. The number of benzene rings is 1. The summed E-state index contributed by atoms with van der Waals surface area (Å²) < 4.78 is 18.2. The van der Waals surface area contributed by atoms with Crippen molar-refractivity contribution in [2.45, 2.75) is 50.7 Å². The van der Waals surface area contributed by atoms with Crippen LogP contribution >= 0.6 is 0 Å². The number of rotatable bonds is 8. The van der Waals surface area contributed by atoms with E-state index in [-0.39, 0.29) is 24.2 Å². The third-order valence-electron chi connectivity index (χ3n) is 9.78. The molecule has 1 N–H and O–H groups in total. The topological polar surface area (TPSA) is 109 Å². The number of piperidine rings is 2. The summed E-state index contributed by atoms with van der Waals surface area (Å²) >= 11 is 0. The molecular weight excluding hydrogens is 595 g/mol. The number of carbonyl (C=O) groups is 1. The van der Waals surface area contributed by atoms with Gasteiger partial charge in [0.05, 0.1) is 23.3 Å². The Labute approximate surface area is 274 Å². The van der Waals surface area contributed by atoms with E-state index in [1.807, 2.05) is 35.4 Å². The van der Waals surface area contributed by atoms with Crippen molar-refractivity contribution in [3.05, 3.63) is 72.3 Å². The third-order valence-corrected chi connectivity index (χ3v) is 9.78. The van der Waals surface area contributed by atoms with Gasteiger partial charge in [0, 0.05) is 64.1 Å². The lowest BCUT2D eigenvalue weighted by molar-refractivity contribution is -0.131. The summed E-state index contributed by atoms with van der Waals surface area (Å²) in [5.74, 6) is 0.154. The highest BCUT2D eigenvalue weighted by atomic mass is 19.1. The van der Waals surface area contributed by atoms with Gasteiger partial charge in [0.25, 0.3) is 0 Å². The molecule has 1 atom stereocenters. The molecule has 4 aromatic rings. The summed E-state index contributed by atoms with van der Waals surface area (Å²) in [6.07, 6.45) is 7.24. The summed E-state index contributed by atoms with van der Waals surface area (Å²) in [4.78, 5) is 30.8. The number of nitrogens with zero attached hydrogens (tertiary/aromatic N) is 9. The fourth-order valence-corrected chi connectivity index (χ4v) is 7.25. The molecule has 12 heteroatoms. The van der Waals surface area contributed by atoms with Crippen LogP contribution in [0.15, 0.2) is 60.9 Å². The number of halogens is 1. The van der Waals surface area contributed by atoms with Crippen molar-refractivity contribution in [1.29, 1.82) is 5.26 Å². The minimum atomic E-state index is -0.478. The zero-order valence-corrected chi connectivity index (χ0v) is 26.6. The second kappa shape index (κ2) is 14.0. The molecule has 0 unspecified atom stereocenters. The minimum absolute atomic E-state index is 0.132. The molecule has 7 rings (SSSR count). The normalized spacial score (nSPS) is 20.0. The molecule has 11 nitrogen and oxygen atoms in total. The maximum Gasteiger partial charge on any atom is 0.236 e. The van der Waals surface area contributed by atoms with Crippen LogP contribution in [-0.2, 0) is 11.3 Å². The van der Waals surface area contributed by atoms with Crippen molar-refractivity contribution >= 4 is 23.1 Å². The van der Waals surface area contributed by atoms with E-state index in [1.54, 1.807) is 15.6 Å². The van der Waals surface area contributed by atoms with Crippen LogP contribution in [-0.4, -0.2) is 105 Å². The number of nitriles is 1. The first kappa shape index (κ1) is 31.0. The molecule has 1 amide bonds. The fraction of sp³-hybridized carbons (Fsp3) is 0.457. The van der Waals surface area contributed by atoms with Gasteiger partial charge in [-0.1, -0.05) is 36.4 Å². The summed E-state index contributed by atoms with van der Waals surface area (Å²) in [5.41, 5.74) is 2.92. The molecule has 0 radical (unpaired) electrons. The molecule has 0 spiro atoms. The third kappa shape index (κ3) is 6.92. The standard InChI is InChI=1S/C35H41FN10O/c36-32-34(39-27-9-6-15-45(25-27)31(47)11-14-37)40-33(29-23-38-46-16-5-4-10-30(29)46)41-35(32)44-21-19-43(20-22-44)28-12-17-42(18-13-28)24-26-7-2-1-3-8-26/h1-5,7-8,10,16,23,27-28H,6,9,11-13,15,17-22,24-25H2,(H,39,40,41)/t27-/m1/s1. The average Bonchev–Trinajstić information content (AvgIpc) is 3.55. The molecule has 0 aliphatic carbocycles. The van der Waals surface area contributed by atoms with Crippen LogP contribution in [0.4, 0.5) is 16.0 Å². The molecule has 3 saturated heterocycles. The Bertz CT molecular complexity index is 1720. The lowest BCUT2D eigenvalue weighted by atomic mass is 10.0. The maximum absolute atomic E-state index is 16.4. The number of carbonyl (C=O) groups excluding carboxylic acids is 1. The van der Waals surface area contributed by atoms with Crippen molar-refractivity contribution in [1.82, 2.24) is 34.3 Å². The molecule has 3 aliphatic heterocycles. The number of pyridine rings is 1. The van der Waals surface area contributed by atoms with E-state index >= 15 is 4.39 Å². The quantitative estimate of drug-likeness (QED) is 0.307. The van der Waals surface area contributed by atoms with Gasteiger partial charge in [0.15, 0.2) is 17.5 Å². The Morgan fingerprint density at radius 2 is 1.74 bits per heavy atom. The lowest BCUT2D eigenvalue weighted by Crippen LogP contribution is -2.53. The number of nitrogens with one attached hydrogen (secondary N) is 1. The van der Waals surface area contributed by atoms with E-state index in [4.69, 9.17) is 15.2 Å². The number of aromatic nitrogens is 4. The first-order valence-electron chi connectivity index (χ1n) is 16.7. The van der Waals surface area contributed by atoms with E-state index in [0.717, 1.165) is 69.5 Å². The van der Waals surface area contributed by atoms with Gasteiger partial charge in [0.1, 0.15) is 6.42 Å². The Morgan fingerprint density at radius 3 is 2.53 bits per heavy atom. The van der Waals surface area contributed by atoms with Crippen LogP contribution in [0, 0.1) is 17.1 Å². The van der Waals surface area contributed by atoms with E-state index in [2.05, 4.69) is 50.5 Å². The van der Waals surface area contributed by atoms with E-state index in [0.29, 0.717) is 43.9 Å². The van der Waals surface area contributed by atoms with Crippen molar-refractivity contribution in [2.24, 2.45) is 0 Å². The predicted molar refractivity (Wildman–Crippen MR) is 178 cm³/mol. The van der Waals surface area contributed by atoms with Gasteiger partial charge in [-0.05, 0) is 56.5 Å². The fourth-order valence-electron chi connectivity index (χ4n) is 7.25. The smallest absolute Gasteiger partial charge is 0.236 e. The van der Waals surface area contributed by atoms with Crippen LogP contribution in [0.25, 0.3) is 16.9 Å². The largest absolute Gasteiger partial charge is 0.363 e. The minimum Gasteiger partial charge on any atom is -0.363 e. The van der Waals surface area contributed by atoms with Gasteiger partial charge in [-0.15, -0.1) is 0 Å². The number of hydrogen-bond acceptors (Lipinski definition) is 9. The highest BCUT2D eigenvalue weighted by molar-refractivity contribution is 5.79. The van der Waals surface area contributed by atoms with Gasteiger partial charge in [-0.25, -0.2) is 14.5 Å². The molecule has 1 aromatic carbocycles. The number of anilines is 2. The monoisotopic (exact) mass is 636 g/mol. The Morgan fingerprint density at radius 1 is 0.957 bits per heavy atom. The lowest BCUT2D eigenvalue weighted by Gasteiger charge is -2.43. The van der Waals surface area contributed by atoms with Gasteiger partial charge in [0.2, 0.25) is 11.7 Å². The summed E-state index contributed by atoms with van der Waals surface area (Å²) in [6, 6.07) is 18.7. The van der Waals surface area contributed by atoms with E-state index < -0.39 is 5.82 Å². The first-order valence-corrected chi connectivity index (χ1v) is 16.7. The SMILES string of the molecule is N#CCC(=O)N1CCC[C@@H](Nc2nc(-c3cnn4ccccc34)nc(N3CCN(C4CCN(Cc5ccccc5)CC4)CC3)c2F)C1. The van der Waals surface area contributed by atoms with E-state index in [1.165, 1.54) is 5.56 Å². The number of piperazine rings is 1. The van der Waals surface area contributed by atoms with Gasteiger partial charge in [-0.2, -0.15) is 14.8 Å². The van der Waals surface area contributed by atoms with Crippen LogP contribution in [0.3, 0.4) is 0 Å². The Kier molecular flexibility index (Phi) is 9.26. The first-order chi connectivity index (χ1) is 23.1. The highest BCUT2D eigenvalue weighted by Gasteiger charge is 2.31. The Hall–Kier alpha value is -4.60. The Balaban J connectivity index is 1.07. The van der Waals surface area contributed by atoms with Gasteiger partial charge in [-0.3, -0.25) is 14.6 Å². The van der Waals surface area contributed by atoms with Gasteiger partial charge >= 0.3 is 0 Å². The second-order valence-corrected chi connectivity index (χ2v) is 12.8. The van der Waals surface area contributed by atoms with Crippen LogP contribution in [0.1, 0.15) is 37.7 Å². The summed E-state index contributed by atoms with van der Waals surface area (Å²) in [7, 11) is 0. The number of fused-ring (bicyclic) bond motifs is 1. The van der Waals surface area contributed by atoms with Crippen molar-refractivity contribution in [2.75, 3.05) is 62.6 Å². The molecule has 3 aromatic heterocycles. The van der Waals surface area contributed by atoms with Crippen molar-refractivity contribution < 1.29 is 9.18 Å². The van der Waals surface area contributed by atoms with Gasteiger partial charge < -0.3 is 15.1 Å². The second-order valence-electron chi connectivity index (χ2n) is 12.8. The molecule has 6 heterocycles. The molecular formula is C35H41FN10O. The van der Waals surface area contributed by atoms with Crippen molar-refractivity contribution in [3.8, 4) is 17.5 Å². The molecule has 0 saturated carbocycles. The van der Waals surface area contributed by atoms with Crippen LogP contribution in [0.5, 0.6) is 0 Å². The summed E-state index contributed by atoms with van der Waals surface area (Å²) in [5, 5.41) is 16.8. The highest BCUT2D eigenvalue weighted by Crippen LogP contribution is 2.31. The number of amides is 1. The van der Waals surface area contributed by atoms with Crippen molar-refractivity contribution in [3.63, 3.8) is 0 Å². The molecule has 244 valence electrons.